The maximum Gasteiger partial charge on any atom is 0.416 e. The van der Waals surface area contributed by atoms with Crippen LogP contribution in [0.1, 0.15) is 16.7 Å². The molecule has 0 fully saturated rings. The highest BCUT2D eigenvalue weighted by atomic mass is 32.2. The molecule has 0 aliphatic carbocycles. The Labute approximate surface area is 189 Å². The normalized spacial score (nSPS) is 11.7. The van der Waals surface area contributed by atoms with Crippen LogP contribution in [0, 0.1) is 13.8 Å². The van der Waals surface area contributed by atoms with Crippen molar-refractivity contribution in [2.45, 2.75) is 24.9 Å². The molecule has 0 aliphatic heterocycles. The number of hydrogen-bond donors (Lipinski definition) is 2. The Kier molecular flexibility index (Phi) is 6.97. The van der Waals surface area contributed by atoms with Crippen molar-refractivity contribution < 1.29 is 31.1 Å². The molecule has 3 aromatic rings. The fraction of sp³-hybridized carbons (Fsp3) is 0.174. The highest BCUT2D eigenvalue weighted by Crippen LogP contribution is 2.30. The van der Waals surface area contributed by atoms with Crippen LogP contribution in [0.25, 0.3) is 0 Å². The van der Waals surface area contributed by atoms with Crippen LogP contribution >= 0.6 is 0 Å². The Morgan fingerprint density at radius 2 is 1.61 bits per heavy atom. The van der Waals surface area contributed by atoms with Gasteiger partial charge in [0.1, 0.15) is 5.75 Å². The maximum absolute atomic E-state index is 12.8. The molecule has 0 unspecified atom stereocenters. The molecule has 0 aromatic heterocycles. The van der Waals surface area contributed by atoms with Crippen molar-refractivity contribution in [2.24, 2.45) is 0 Å². The van der Waals surface area contributed by atoms with Gasteiger partial charge in [0, 0.05) is 11.4 Å². The topological polar surface area (TPSA) is 84.5 Å². The summed E-state index contributed by atoms with van der Waals surface area (Å²) in [5.74, 6) is -0.443. The van der Waals surface area contributed by atoms with Crippen molar-refractivity contribution in [2.75, 3.05) is 16.6 Å². The molecule has 1 amide bonds. The molecule has 0 saturated carbocycles. The summed E-state index contributed by atoms with van der Waals surface area (Å²) in [7, 11) is -3.82. The number of amides is 1. The highest BCUT2D eigenvalue weighted by Gasteiger charge is 2.30. The Morgan fingerprint density at radius 3 is 2.24 bits per heavy atom. The van der Waals surface area contributed by atoms with Crippen molar-refractivity contribution in [1.29, 1.82) is 0 Å². The molecule has 0 radical (unpaired) electrons. The molecule has 3 aromatic carbocycles. The number of ether oxygens (including phenoxy) is 1. The SMILES string of the molecule is Cc1ccc(NS(=O)(=O)c2ccc(OCC(=O)Nc3cccc(C(F)(F)F)c3)cc2)cc1C. The number of nitrogens with one attached hydrogen (secondary N) is 2. The van der Waals surface area contributed by atoms with E-state index in [1.54, 1.807) is 12.1 Å². The van der Waals surface area contributed by atoms with Crippen molar-refractivity contribution in [1.82, 2.24) is 0 Å². The van der Waals surface area contributed by atoms with Crippen LogP contribution in [0.15, 0.2) is 71.6 Å². The van der Waals surface area contributed by atoms with Crippen molar-refractivity contribution in [3.8, 4) is 5.75 Å². The van der Waals surface area contributed by atoms with Crippen molar-refractivity contribution >= 4 is 27.3 Å². The quantitative estimate of drug-likeness (QED) is 0.493. The minimum absolute atomic E-state index is 0.00138. The number of alkyl halides is 3. The highest BCUT2D eigenvalue weighted by molar-refractivity contribution is 7.92. The smallest absolute Gasteiger partial charge is 0.416 e. The Bertz CT molecular complexity index is 1260. The van der Waals surface area contributed by atoms with E-state index in [2.05, 4.69) is 10.0 Å². The molecular weight excluding hydrogens is 457 g/mol. The molecule has 0 saturated heterocycles. The van der Waals surface area contributed by atoms with E-state index in [9.17, 15) is 26.4 Å². The largest absolute Gasteiger partial charge is 0.484 e. The summed E-state index contributed by atoms with van der Waals surface area (Å²) in [4.78, 5) is 12.0. The number of halogens is 3. The van der Waals surface area contributed by atoms with Gasteiger partial charge < -0.3 is 10.1 Å². The second-order valence-corrected chi connectivity index (χ2v) is 8.97. The third-order valence-corrected chi connectivity index (χ3v) is 6.13. The van der Waals surface area contributed by atoms with Gasteiger partial charge in [-0.25, -0.2) is 8.42 Å². The van der Waals surface area contributed by atoms with E-state index in [-0.39, 0.29) is 16.3 Å². The minimum Gasteiger partial charge on any atom is -0.484 e. The van der Waals surface area contributed by atoms with Crippen LogP contribution in [0.4, 0.5) is 24.5 Å². The fourth-order valence-electron chi connectivity index (χ4n) is 2.85. The van der Waals surface area contributed by atoms with Gasteiger partial charge in [-0.05, 0) is 79.6 Å². The molecule has 2 N–H and O–H groups in total. The van der Waals surface area contributed by atoms with Gasteiger partial charge in [0.2, 0.25) is 0 Å². The Balaban J connectivity index is 1.59. The summed E-state index contributed by atoms with van der Waals surface area (Å²) in [5.41, 5.74) is 1.52. The molecule has 0 atom stereocenters. The average Bonchev–Trinajstić information content (AvgIpc) is 2.74. The van der Waals surface area contributed by atoms with E-state index >= 15 is 0 Å². The molecule has 3 rings (SSSR count). The first kappa shape index (κ1) is 24.1. The average molecular weight is 478 g/mol. The summed E-state index contributed by atoms with van der Waals surface area (Å²) in [6.07, 6.45) is -4.52. The summed E-state index contributed by atoms with van der Waals surface area (Å²) in [5, 5.41) is 2.33. The monoisotopic (exact) mass is 478 g/mol. The third-order valence-electron chi connectivity index (χ3n) is 4.74. The van der Waals surface area contributed by atoms with E-state index in [0.29, 0.717) is 5.69 Å². The second kappa shape index (κ2) is 9.53. The minimum atomic E-state index is -4.52. The van der Waals surface area contributed by atoms with Gasteiger partial charge in [-0.1, -0.05) is 12.1 Å². The number of carbonyl (C=O) groups excluding carboxylic acids is 1. The summed E-state index contributed by atoms with van der Waals surface area (Å²) in [6.45, 7) is 3.33. The predicted molar refractivity (Wildman–Crippen MR) is 119 cm³/mol. The van der Waals surface area contributed by atoms with Gasteiger partial charge in [-0.15, -0.1) is 0 Å². The molecule has 6 nitrogen and oxygen atoms in total. The Hall–Kier alpha value is -3.53. The summed E-state index contributed by atoms with van der Waals surface area (Å²) in [6, 6.07) is 14.9. The first-order valence-electron chi connectivity index (χ1n) is 9.74. The predicted octanol–water partition coefficient (Wildman–Crippen LogP) is 5.14. The van der Waals surface area contributed by atoms with Crippen molar-refractivity contribution in [3.05, 3.63) is 83.4 Å². The lowest BCUT2D eigenvalue weighted by molar-refractivity contribution is -0.137. The molecule has 10 heteroatoms. The number of anilines is 2. The lowest BCUT2D eigenvalue weighted by atomic mass is 10.1. The number of carbonyl (C=O) groups is 1. The number of hydrogen-bond acceptors (Lipinski definition) is 4. The van der Waals surface area contributed by atoms with Gasteiger partial charge in [-0.3, -0.25) is 9.52 Å². The van der Waals surface area contributed by atoms with E-state index in [1.165, 1.54) is 36.4 Å². The van der Waals surface area contributed by atoms with Crippen LogP contribution in [-0.2, 0) is 21.0 Å². The van der Waals surface area contributed by atoms with Crippen LogP contribution in [0.3, 0.4) is 0 Å². The molecule has 0 aliphatic rings. The lowest BCUT2D eigenvalue weighted by Gasteiger charge is -2.12. The van der Waals surface area contributed by atoms with Crippen LogP contribution in [0.5, 0.6) is 5.75 Å². The molecule has 0 spiro atoms. The number of aryl methyl sites for hydroxylation is 2. The van der Waals surface area contributed by atoms with E-state index < -0.39 is 34.3 Å². The van der Waals surface area contributed by atoms with Crippen LogP contribution < -0.4 is 14.8 Å². The molecular formula is C23H21F3N2O4S. The zero-order chi connectivity index (χ0) is 24.2. The molecule has 0 bridgehead atoms. The number of rotatable bonds is 7. The third kappa shape index (κ3) is 6.48. The first-order valence-corrected chi connectivity index (χ1v) is 11.2. The van der Waals surface area contributed by atoms with E-state index in [4.69, 9.17) is 4.74 Å². The van der Waals surface area contributed by atoms with Crippen molar-refractivity contribution in [3.63, 3.8) is 0 Å². The molecule has 33 heavy (non-hydrogen) atoms. The van der Waals surface area contributed by atoms with Crippen LogP contribution in [-0.4, -0.2) is 20.9 Å². The Morgan fingerprint density at radius 1 is 0.909 bits per heavy atom. The van der Waals surface area contributed by atoms with Gasteiger partial charge in [0.05, 0.1) is 10.5 Å². The zero-order valence-corrected chi connectivity index (χ0v) is 18.5. The lowest BCUT2D eigenvalue weighted by Crippen LogP contribution is -2.20. The molecule has 0 heterocycles. The van der Waals surface area contributed by atoms with E-state index in [0.717, 1.165) is 23.3 Å². The van der Waals surface area contributed by atoms with Gasteiger partial charge in [0.25, 0.3) is 15.9 Å². The number of sulfonamides is 1. The van der Waals surface area contributed by atoms with E-state index in [1.807, 2.05) is 19.9 Å². The van der Waals surface area contributed by atoms with Gasteiger partial charge in [-0.2, -0.15) is 13.2 Å². The van der Waals surface area contributed by atoms with Gasteiger partial charge in [0.15, 0.2) is 6.61 Å². The second-order valence-electron chi connectivity index (χ2n) is 7.29. The fourth-order valence-corrected chi connectivity index (χ4v) is 3.90. The number of benzene rings is 3. The zero-order valence-electron chi connectivity index (χ0n) is 17.7. The van der Waals surface area contributed by atoms with Crippen LogP contribution in [0.2, 0.25) is 0 Å². The summed E-state index contributed by atoms with van der Waals surface area (Å²) < 4.78 is 71.3. The standard InChI is InChI=1S/C23H21F3N2O4S/c1-15-6-7-19(12-16(15)2)28-33(30,31)21-10-8-20(9-11-21)32-14-22(29)27-18-5-3-4-17(13-18)23(24,25)26/h3-13,28H,14H2,1-2H3,(H,27,29). The first-order chi connectivity index (χ1) is 15.4. The summed E-state index contributed by atoms with van der Waals surface area (Å²) >= 11 is 0. The maximum atomic E-state index is 12.8. The van der Waals surface area contributed by atoms with Gasteiger partial charge >= 0.3 is 6.18 Å². The molecule has 174 valence electrons.